The van der Waals surface area contributed by atoms with Crippen molar-refractivity contribution in [1.29, 1.82) is 0 Å². The van der Waals surface area contributed by atoms with Crippen molar-refractivity contribution in [3.8, 4) is 5.75 Å². The number of nitrogens with one attached hydrogen (secondary N) is 1. The highest BCUT2D eigenvalue weighted by atomic mass is 19.3. The molecule has 3 N–H and O–H groups in total. The van der Waals surface area contributed by atoms with Crippen molar-refractivity contribution in [2.24, 2.45) is 0 Å². The van der Waals surface area contributed by atoms with Crippen LogP contribution in [0.5, 0.6) is 5.75 Å². The second kappa shape index (κ2) is 6.88. The van der Waals surface area contributed by atoms with E-state index in [4.69, 9.17) is 5.73 Å². The predicted molar refractivity (Wildman–Crippen MR) is 69.2 cm³/mol. The number of carbonyl (C=O) groups is 1. The molecular formula is C12H16F3N3O2. The number of nitrogen functional groups attached to an aromatic ring is 1. The van der Waals surface area contributed by atoms with Gasteiger partial charge in [-0.3, -0.25) is 4.79 Å². The Morgan fingerprint density at radius 3 is 2.70 bits per heavy atom. The number of carbonyl (C=O) groups excluding carboxylic acids is 1. The molecule has 0 aliphatic heterocycles. The van der Waals surface area contributed by atoms with Crippen LogP contribution in [0.15, 0.2) is 12.1 Å². The summed E-state index contributed by atoms with van der Waals surface area (Å²) in [6.07, 6.45) is 0. The maximum absolute atomic E-state index is 13.3. The molecule has 0 radical (unpaired) electrons. The molecule has 1 rings (SSSR count). The van der Waals surface area contributed by atoms with Crippen LogP contribution in [0.4, 0.5) is 24.5 Å². The fourth-order valence-corrected chi connectivity index (χ4v) is 1.39. The minimum Gasteiger partial charge on any atom is -0.432 e. The summed E-state index contributed by atoms with van der Waals surface area (Å²) in [5, 5.41) is 2.66. The van der Waals surface area contributed by atoms with Crippen LogP contribution in [0.1, 0.15) is 6.92 Å². The molecule has 0 saturated carbocycles. The number of anilines is 2. The quantitative estimate of drug-likeness (QED) is 0.786. The number of alkyl halides is 2. The molecule has 0 spiro atoms. The Labute approximate surface area is 114 Å². The van der Waals surface area contributed by atoms with Crippen molar-refractivity contribution >= 4 is 17.3 Å². The van der Waals surface area contributed by atoms with Gasteiger partial charge in [-0.25, -0.2) is 4.39 Å². The number of nitrogens with two attached hydrogens (primary N) is 1. The molecule has 8 heteroatoms. The molecule has 0 bridgehead atoms. The van der Waals surface area contributed by atoms with Gasteiger partial charge in [0.1, 0.15) is 0 Å². The first-order valence-electron chi connectivity index (χ1n) is 5.86. The molecule has 1 amide bonds. The van der Waals surface area contributed by atoms with Gasteiger partial charge in [-0.1, -0.05) is 0 Å². The van der Waals surface area contributed by atoms with E-state index in [1.807, 2.05) is 0 Å². The average Bonchev–Trinajstić information content (AvgIpc) is 2.38. The van der Waals surface area contributed by atoms with Crippen molar-refractivity contribution in [1.82, 2.24) is 4.90 Å². The minimum atomic E-state index is -3.14. The van der Waals surface area contributed by atoms with Crippen LogP contribution >= 0.6 is 0 Å². The van der Waals surface area contributed by atoms with E-state index < -0.39 is 18.2 Å². The number of rotatable bonds is 6. The van der Waals surface area contributed by atoms with Gasteiger partial charge < -0.3 is 20.7 Å². The summed E-state index contributed by atoms with van der Waals surface area (Å²) in [5.41, 5.74) is 5.69. The molecule has 0 fully saturated rings. The normalized spacial score (nSPS) is 10.5. The highest BCUT2D eigenvalue weighted by Gasteiger charge is 2.14. The number of halogens is 3. The van der Waals surface area contributed by atoms with E-state index >= 15 is 0 Å². The zero-order chi connectivity index (χ0) is 15.3. The van der Waals surface area contributed by atoms with Crippen LogP contribution < -0.4 is 15.8 Å². The highest BCUT2D eigenvalue weighted by molar-refractivity contribution is 5.82. The molecule has 112 valence electrons. The zero-order valence-corrected chi connectivity index (χ0v) is 11.1. The smallest absolute Gasteiger partial charge is 0.387 e. The minimum absolute atomic E-state index is 0.00364. The molecule has 0 aromatic heterocycles. The first-order valence-corrected chi connectivity index (χ1v) is 5.86. The van der Waals surface area contributed by atoms with Crippen molar-refractivity contribution in [3.63, 3.8) is 0 Å². The monoisotopic (exact) mass is 291 g/mol. The first kappa shape index (κ1) is 15.9. The Bertz CT molecular complexity index is 483. The van der Waals surface area contributed by atoms with Crippen molar-refractivity contribution in [2.75, 3.05) is 31.2 Å². The lowest BCUT2D eigenvalue weighted by Gasteiger charge is -2.16. The van der Waals surface area contributed by atoms with Crippen molar-refractivity contribution < 1.29 is 22.7 Å². The Balaban J connectivity index is 2.82. The number of ether oxygens (including phenoxy) is 1. The van der Waals surface area contributed by atoms with Crippen LogP contribution in [0.25, 0.3) is 0 Å². The largest absolute Gasteiger partial charge is 0.432 e. The average molecular weight is 291 g/mol. The first-order chi connectivity index (χ1) is 9.35. The molecule has 0 saturated heterocycles. The Morgan fingerprint density at radius 1 is 1.50 bits per heavy atom. The van der Waals surface area contributed by atoms with Gasteiger partial charge in [-0.05, 0) is 6.92 Å². The number of benzene rings is 1. The van der Waals surface area contributed by atoms with E-state index in [0.29, 0.717) is 6.54 Å². The Hall–Kier alpha value is -2.12. The summed E-state index contributed by atoms with van der Waals surface area (Å²) in [6, 6.07) is 1.85. The van der Waals surface area contributed by atoms with Gasteiger partial charge in [0, 0.05) is 25.7 Å². The fourth-order valence-electron chi connectivity index (χ4n) is 1.39. The number of likely N-dealkylation sites (N-methyl/N-ethyl adjacent to an activating group) is 1. The zero-order valence-electron chi connectivity index (χ0n) is 11.1. The summed E-state index contributed by atoms with van der Waals surface area (Å²) in [7, 11) is 1.61. The third kappa shape index (κ3) is 4.22. The van der Waals surface area contributed by atoms with Crippen LogP contribution in [0.3, 0.4) is 0 Å². The van der Waals surface area contributed by atoms with Gasteiger partial charge in [0.15, 0.2) is 11.6 Å². The lowest BCUT2D eigenvalue weighted by molar-refractivity contribution is -0.127. The van der Waals surface area contributed by atoms with Crippen LogP contribution in [-0.4, -0.2) is 37.6 Å². The van der Waals surface area contributed by atoms with E-state index in [2.05, 4.69) is 10.1 Å². The molecule has 0 aliphatic carbocycles. The third-order valence-electron chi connectivity index (χ3n) is 2.65. The van der Waals surface area contributed by atoms with Crippen molar-refractivity contribution in [2.45, 2.75) is 13.5 Å². The fraction of sp³-hybridized carbons (Fsp3) is 0.417. The van der Waals surface area contributed by atoms with E-state index in [1.165, 1.54) is 4.90 Å². The van der Waals surface area contributed by atoms with Gasteiger partial charge >= 0.3 is 6.61 Å². The maximum Gasteiger partial charge on any atom is 0.387 e. The van der Waals surface area contributed by atoms with E-state index in [-0.39, 0.29) is 23.8 Å². The lowest BCUT2D eigenvalue weighted by atomic mass is 10.2. The van der Waals surface area contributed by atoms with Gasteiger partial charge in [0.2, 0.25) is 5.91 Å². The van der Waals surface area contributed by atoms with E-state index in [1.54, 1.807) is 14.0 Å². The number of hydrogen-bond donors (Lipinski definition) is 2. The van der Waals surface area contributed by atoms with Crippen LogP contribution in [0, 0.1) is 5.82 Å². The topological polar surface area (TPSA) is 67.6 Å². The molecule has 5 nitrogen and oxygen atoms in total. The molecule has 1 aromatic carbocycles. The second-order valence-corrected chi connectivity index (χ2v) is 4.01. The highest BCUT2D eigenvalue weighted by Crippen LogP contribution is 2.29. The van der Waals surface area contributed by atoms with Crippen LogP contribution in [0.2, 0.25) is 0 Å². The predicted octanol–water partition coefficient (Wildman–Crippen LogP) is 1.90. The number of hydrogen-bond acceptors (Lipinski definition) is 4. The van der Waals surface area contributed by atoms with E-state index in [9.17, 15) is 18.0 Å². The van der Waals surface area contributed by atoms with Crippen molar-refractivity contribution in [3.05, 3.63) is 17.9 Å². The maximum atomic E-state index is 13.3. The third-order valence-corrected chi connectivity index (χ3v) is 2.65. The number of amides is 1. The SMILES string of the molecule is CCN(C)C(=O)CNc1cc(OC(F)F)c(F)cc1N. The molecule has 0 unspecified atom stereocenters. The molecule has 0 heterocycles. The second-order valence-electron chi connectivity index (χ2n) is 4.01. The summed E-state index contributed by atoms with van der Waals surface area (Å²) in [4.78, 5) is 13.0. The molecule has 0 aliphatic rings. The number of nitrogens with zero attached hydrogens (tertiary/aromatic N) is 1. The van der Waals surface area contributed by atoms with Crippen LogP contribution in [-0.2, 0) is 4.79 Å². The van der Waals surface area contributed by atoms with Gasteiger partial charge in [0.05, 0.1) is 17.9 Å². The van der Waals surface area contributed by atoms with Gasteiger partial charge in [0.25, 0.3) is 0 Å². The summed E-state index contributed by atoms with van der Waals surface area (Å²) >= 11 is 0. The van der Waals surface area contributed by atoms with Gasteiger partial charge in [-0.15, -0.1) is 0 Å². The summed E-state index contributed by atoms with van der Waals surface area (Å²) in [6.45, 7) is -0.902. The standard InChI is InChI=1S/C12H16F3N3O2/c1-3-18(2)11(19)6-17-9-5-10(20-12(14)15)7(13)4-8(9)16/h4-5,12,17H,3,6,16H2,1-2H3. The van der Waals surface area contributed by atoms with E-state index in [0.717, 1.165) is 12.1 Å². The molecule has 1 aromatic rings. The lowest BCUT2D eigenvalue weighted by Crippen LogP contribution is -2.32. The molecular weight excluding hydrogens is 275 g/mol. The molecule has 20 heavy (non-hydrogen) atoms. The van der Waals surface area contributed by atoms with Gasteiger partial charge in [-0.2, -0.15) is 8.78 Å². The molecule has 0 atom stereocenters. The Morgan fingerprint density at radius 2 is 2.15 bits per heavy atom. The Kier molecular flexibility index (Phi) is 5.48. The summed E-state index contributed by atoms with van der Waals surface area (Å²) < 4.78 is 41.5. The summed E-state index contributed by atoms with van der Waals surface area (Å²) in [5.74, 6) is -1.84.